The highest BCUT2D eigenvalue weighted by atomic mass is 19.3. The number of nitrogens with two attached hydrogens (primary N) is 2. The van der Waals surface area contributed by atoms with E-state index in [1.165, 1.54) is 0 Å². The number of ether oxygens (including phenoxy) is 1. The molecule has 1 aromatic rings. The standard InChI is InChI=1S/C13H14F3N3O2.CH2O2/c1-12(13(15,16)6-21-5-10(17)19-12)8-4-7(11(18)20)2-3-9(8)14;2-1-3/h2-4H,5-6H2,1H3,(H2,17,19)(H2,18,20);1H,(H,2,3)/t12-;/m1./s1. The van der Waals surface area contributed by atoms with Crippen molar-refractivity contribution in [2.45, 2.75) is 18.4 Å². The molecular weight excluding hydrogens is 331 g/mol. The summed E-state index contributed by atoms with van der Waals surface area (Å²) in [5.41, 5.74) is 7.75. The number of primary amides is 1. The lowest BCUT2D eigenvalue weighted by Gasteiger charge is -2.33. The number of carboxylic acid groups (broad SMARTS) is 1. The van der Waals surface area contributed by atoms with Crippen LogP contribution in [0.25, 0.3) is 0 Å². The number of hydrogen-bond donors (Lipinski definition) is 3. The molecule has 1 aliphatic heterocycles. The average Bonchev–Trinajstić information content (AvgIpc) is 2.56. The minimum absolute atomic E-state index is 0.0950. The van der Waals surface area contributed by atoms with E-state index in [9.17, 15) is 18.0 Å². The molecule has 1 aromatic carbocycles. The lowest BCUT2D eigenvalue weighted by atomic mass is 9.85. The molecule has 1 aliphatic rings. The van der Waals surface area contributed by atoms with E-state index in [1.54, 1.807) is 0 Å². The highest BCUT2D eigenvalue weighted by molar-refractivity contribution is 5.93. The molecular formula is C14H16F3N3O4. The number of carbonyl (C=O) groups is 2. The summed E-state index contributed by atoms with van der Waals surface area (Å²) >= 11 is 0. The van der Waals surface area contributed by atoms with Gasteiger partial charge in [0.25, 0.3) is 12.4 Å². The van der Waals surface area contributed by atoms with Gasteiger partial charge in [0.15, 0.2) is 5.54 Å². The number of halogens is 3. The molecule has 0 aromatic heterocycles. The van der Waals surface area contributed by atoms with Gasteiger partial charge in [-0.2, -0.15) is 0 Å². The van der Waals surface area contributed by atoms with Crippen molar-refractivity contribution in [3.63, 3.8) is 0 Å². The lowest BCUT2D eigenvalue weighted by molar-refractivity contribution is -0.122. The van der Waals surface area contributed by atoms with Crippen LogP contribution >= 0.6 is 0 Å². The van der Waals surface area contributed by atoms with Crippen LogP contribution in [0.1, 0.15) is 22.8 Å². The van der Waals surface area contributed by atoms with Crippen molar-refractivity contribution in [3.05, 3.63) is 35.1 Å². The Labute approximate surface area is 135 Å². The summed E-state index contributed by atoms with van der Waals surface area (Å²) in [6, 6.07) is 2.98. The van der Waals surface area contributed by atoms with E-state index in [1.807, 2.05) is 0 Å². The Kier molecular flexibility index (Phi) is 5.91. The molecule has 7 nitrogen and oxygen atoms in total. The van der Waals surface area contributed by atoms with Crippen LogP contribution in [0.2, 0.25) is 0 Å². The molecule has 0 bridgehead atoms. The van der Waals surface area contributed by atoms with Gasteiger partial charge in [-0.3, -0.25) is 14.6 Å². The zero-order valence-electron chi connectivity index (χ0n) is 12.6. The highest BCUT2D eigenvalue weighted by Gasteiger charge is 2.54. The number of benzene rings is 1. The van der Waals surface area contributed by atoms with E-state index in [-0.39, 0.29) is 24.5 Å². The van der Waals surface area contributed by atoms with Crippen molar-refractivity contribution < 1.29 is 32.6 Å². The first-order valence-corrected chi connectivity index (χ1v) is 6.56. The fraction of sp³-hybridized carbons (Fsp3) is 0.357. The van der Waals surface area contributed by atoms with Crippen LogP contribution in [-0.4, -0.2) is 42.5 Å². The number of amidine groups is 1. The smallest absolute Gasteiger partial charge is 0.299 e. The third-order valence-corrected chi connectivity index (χ3v) is 3.39. The molecule has 10 heteroatoms. The Morgan fingerprint density at radius 2 is 2.04 bits per heavy atom. The van der Waals surface area contributed by atoms with Crippen LogP contribution in [0.3, 0.4) is 0 Å². The van der Waals surface area contributed by atoms with Crippen LogP contribution in [0, 0.1) is 5.82 Å². The van der Waals surface area contributed by atoms with E-state index in [0.29, 0.717) is 0 Å². The van der Waals surface area contributed by atoms with E-state index in [4.69, 9.17) is 26.1 Å². The second-order valence-corrected chi connectivity index (χ2v) is 5.04. The maximum atomic E-state index is 14.3. The zero-order valence-corrected chi connectivity index (χ0v) is 12.6. The number of aliphatic imine (C=N–C) groups is 1. The van der Waals surface area contributed by atoms with Crippen LogP contribution in [0.5, 0.6) is 0 Å². The number of rotatable bonds is 2. The van der Waals surface area contributed by atoms with Crippen LogP contribution in [-0.2, 0) is 15.1 Å². The SMILES string of the molecule is C[C@]1(c2cc(C(N)=O)ccc2F)N=C(N)COCC1(F)F.O=CO. The molecule has 0 saturated carbocycles. The van der Waals surface area contributed by atoms with Crippen molar-refractivity contribution >= 4 is 18.2 Å². The molecule has 0 radical (unpaired) electrons. The first-order valence-electron chi connectivity index (χ1n) is 6.56. The summed E-state index contributed by atoms with van der Waals surface area (Å²) in [7, 11) is 0. The summed E-state index contributed by atoms with van der Waals surface area (Å²) in [6.45, 7) is -0.450. The van der Waals surface area contributed by atoms with Crippen molar-refractivity contribution in [3.8, 4) is 0 Å². The normalized spacial score (nSPS) is 22.4. The first-order chi connectivity index (χ1) is 11.1. The van der Waals surface area contributed by atoms with Gasteiger partial charge in [0.2, 0.25) is 5.91 Å². The number of carbonyl (C=O) groups excluding carboxylic acids is 1. The molecule has 0 saturated heterocycles. The van der Waals surface area contributed by atoms with E-state index < -0.39 is 35.4 Å². The third-order valence-electron chi connectivity index (χ3n) is 3.39. The van der Waals surface area contributed by atoms with Gasteiger partial charge < -0.3 is 21.3 Å². The summed E-state index contributed by atoms with van der Waals surface area (Å²) in [5.74, 6) is -5.48. The Hall–Kier alpha value is -2.62. The number of hydrogen-bond acceptors (Lipinski definition) is 5. The Balaban J connectivity index is 0.000000891. The van der Waals surface area contributed by atoms with Gasteiger partial charge in [0.05, 0.1) is 0 Å². The predicted octanol–water partition coefficient (Wildman–Crippen LogP) is 0.863. The molecule has 0 fully saturated rings. The fourth-order valence-electron chi connectivity index (χ4n) is 2.13. The largest absolute Gasteiger partial charge is 0.483 e. The zero-order chi connectivity index (χ0) is 18.5. The Morgan fingerprint density at radius 1 is 1.46 bits per heavy atom. The van der Waals surface area contributed by atoms with Crippen molar-refractivity contribution in [2.75, 3.05) is 13.2 Å². The third kappa shape index (κ3) is 3.82. The topological polar surface area (TPSA) is 128 Å². The molecule has 1 atom stereocenters. The number of nitrogens with zero attached hydrogens (tertiary/aromatic N) is 1. The Bertz CT molecular complexity index is 667. The molecule has 0 spiro atoms. The van der Waals surface area contributed by atoms with Gasteiger partial charge in [-0.25, -0.2) is 13.2 Å². The van der Waals surface area contributed by atoms with E-state index >= 15 is 0 Å². The van der Waals surface area contributed by atoms with Crippen molar-refractivity contribution in [2.24, 2.45) is 16.5 Å². The lowest BCUT2D eigenvalue weighted by Crippen LogP contribution is -2.45. The van der Waals surface area contributed by atoms with Crippen LogP contribution < -0.4 is 11.5 Å². The average molecular weight is 347 g/mol. The van der Waals surface area contributed by atoms with Crippen molar-refractivity contribution in [1.82, 2.24) is 0 Å². The molecule has 132 valence electrons. The number of amides is 1. The minimum Gasteiger partial charge on any atom is -0.483 e. The first kappa shape index (κ1) is 19.4. The molecule has 5 N–H and O–H groups in total. The minimum atomic E-state index is -3.51. The molecule has 0 unspecified atom stereocenters. The van der Waals surface area contributed by atoms with Gasteiger partial charge in [0.1, 0.15) is 24.9 Å². The summed E-state index contributed by atoms with van der Waals surface area (Å²) in [6.07, 6.45) is 0. The molecule has 1 amide bonds. The fourth-order valence-corrected chi connectivity index (χ4v) is 2.13. The second kappa shape index (κ2) is 7.30. The quantitative estimate of drug-likeness (QED) is 0.684. The molecule has 1 heterocycles. The van der Waals surface area contributed by atoms with Crippen molar-refractivity contribution in [1.29, 1.82) is 0 Å². The summed E-state index contributed by atoms with van der Waals surface area (Å²) in [5, 5.41) is 6.89. The summed E-state index contributed by atoms with van der Waals surface area (Å²) in [4.78, 5) is 23.3. The number of alkyl halides is 2. The van der Waals surface area contributed by atoms with Gasteiger partial charge in [-0.15, -0.1) is 0 Å². The molecule has 24 heavy (non-hydrogen) atoms. The van der Waals surface area contributed by atoms with Gasteiger partial charge in [-0.05, 0) is 25.1 Å². The molecule has 0 aliphatic carbocycles. The second-order valence-electron chi connectivity index (χ2n) is 5.04. The van der Waals surface area contributed by atoms with Gasteiger partial charge >= 0.3 is 0 Å². The summed E-state index contributed by atoms with van der Waals surface area (Å²) < 4.78 is 47.4. The van der Waals surface area contributed by atoms with Crippen LogP contribution in [0.4, 0.5) is 13.2 Å². The maximum absolute atomic E-state index is 14.3. The van der Waals surface area contributed by atoms with Crippen LogP contribution in [0.15, 0.2) is 23.2 Å². The monoisotopic (exact) mass is 347 g/mol. The van der Waals surface area contributed by atoms with E-state index in [2.05, 4.69) is 4.99 Å². The molecule has 2 rings (SSSR count). The van der Waals surface area contributed by atoms with Gasteiger partial charge in [-0.1, -0.05) is 0 Å². The van der Waals surface area contributed by atoms with Gasteiger partial charge in [0, 0.05) is 11.1 Å². The van der Waals surface area contributed by atoms with E-state index in [0.717, 1.165) is 25.1 Å². The predicted molar refractivity (Wildman–Crippen MR) is 78.4 cm³/mol. The maximum Gasteiger partial charge on any atom is 0.299 e. The Morgan fingerprint density at radius 3 is 2.58 bits per heavy atom. The highest BCUT2D eigenvalue weighted by Crippen LogP contribution is 2.43.